The molecule has 2 aromatic rings. The minimum Gasteiger partial charge on any atom is -0.350 e. The van der Waals surface area contributed by atoms with Gasteiger partial charge in [-0.25, -0.2) is 4.39 Å². The molecule has 0 aliphatic carbocycles. The first-order valence-electron chi connectivity index (χ1n) is 7.74. The van der Waals surface area contributed by atoms with Crippen molar-refractivity contribution in [3.63, 3.8) is 0 Å². The lowest BCUT2D eigenvalue weighted by Gasteiger charge is -2.12. The van der Waals surface area contributed by atoms with Crippen LogP contribution < -0.4 is 5.32 Å². The lowest BCUT2D eigenvalue weighted by atomic mass is 10.2. The van der Waals surface area contributed by atoms with E-state index in [1.54, 1.807) is 18.2 Å². The smallest absolute Gasteiger partial charge is 0.293 e. The zero-order valence-corrected chi connectivity index (χ0v) is 14.3. The molecule has 0 radical (unpaired) electrons. The van der Waals surface area contributed by atoms with Crippen LogP contribution in [0.15, 0.2) is 53.7 Å². The molecule has 26 heavy (non-hydrogen) atoms. The summed E-state index contributed by atoms with van der Waals surface area (Å²) in [6, 6.07) is 8.76. The first-order valence-corrected chi connectivity index (χ1v) is 8.55. The zero-order valence-electron chi connectivity index (χ0n) is 13.5. The molecule has 1 aliphatic rings. The van der Waals surface area contributed by atoms with Crippen molar-refractivity contribution in [1.82, 2.24) is 15.2 Å². The monoisotopic (exact) mass is 371 g/mol. The van der Waals surface area contributed by atoms with Crippen molar-refractivity contribution < 1.29 is 18.8 Å². The number of hydrogen-bond donors (Lipinski definition) is 1. The Morgan fingerprint density at radius 1 is 1.15 bits per heavy atom. The number of halogens is 1. The highest BCUT2D eigenvalue weighted by atomic mass is 32.2. The van der Waals surface area contributed by atoms with Gasteiger partial charge in [0.25, 0.3) is 17.1 Å². The fourth-order valence-electron chi connectivity index (χ4n) is 2.29. The van der Waals surface area contributed by atoms with Crippen LogP contribution in [-0.2, 0) is 4.79 Å². The Kier molecular flexibility index (Phi) is 5.43. The van der Waals surface area contributed by atoms with Gasteiger partial charge in [-0.2, -0.15) is 0 Å². The fourth-order valence-corrected chi connectivity index (χ4v) is 3.15. The van der Waals surface area contributed by atoms with E-state index < -0.39 is 11.1 Å². The maximum Gasteiger partial charge on any atom is 0.293 e. The second-order valence-electron chi connectivity index (χ2n) is 5.38. The van der Waals surface area contributed by atoms with Crippen molar-refractivity contribution in [3.8, 4) is 0 Å². The van der Waals surface area contributed by atoms with Crippen molar-refractivity contribution in [3.05, 3.63) is 70.6 Å². The Hall–Kier alpha value is -3.00. The highest BCUT2D eigenvalue weighted by Gasteiger charge is 2.34. The summed E-state index contributed by atoms with van der Waals surface area (Å²) in [6.07, 6.45) is 4.55. The Morgan fingerprint density at radius 3 is 2.54 bits per heavy atom. The Balaban J connectivity index is 1.59. The normalized spacial score (nSPS) is 15.6. The molecule has 0 unspecified atom stereocenters. The number of rotatable bonds is 5. The lowest BCUT2D eigenvalue weighted by Crippen LogP contribution is -2.37. The Labute approximate surface area is 153 Å². The van der Waals surface area contributed by atoms with E-state index in [1.807, 2.05) is 0 Å². The third kappa shape index (κ3) is 4.15. The van der Waals surface area contributed by atoms with Crippen molar-refractivity contribution in [2.45, 2.75) is 0 Å². The summed E-state index contributed by atoms with van der Waals surface area (Å²) in [4.78, 5) is 41.5. The van der Waals surface area contributed by atoms with E-state index in [0.29, 0.717) is 11.1 Å². The van der Waals surface area contributed by atoms with E-state index in [9.17, 15) is 18.8 Å². The SMILES string of the molecule is O=C(NCCN1C(=O)SC(=Cc2ccc(F)cc2)C1=O)c1ccncc1. The van der Waals surface area contributed by atoms with E-state index in [4.69, 9.17) is 0 Å². The number of benzene rings is 1. The van der Waals surface area contributed by atoms with Gasteiger partial charge in [0.2, 0.25) is 0 Å². The molecular formula is C18H14FN3O3S. The Bertz CT molecular complexity index is 869. The summed E-state index contributed by atoms with van der Waals surface area (Å²) in [5.41, 5.74) is 1.08. The van der Waals surface area contributed by atoms with Gasteiger partial charge < -0.3 is 5.32 Å². The number of carbonyl (C=O) groups excluding carboxylic acids is 3. The molecule has 2 heterocycles. The van der Waals surface area contributed by atoms with Crippen LogP contribution in [0.1, 0.15) is 15.9 Å². The predicted molar refractivity (Wildman–Crippen MR) is 95.6 cm³/mol. The number of thioether (sulfide) groups is 1. The lowest BCUT2D eigenvalue weighted by molar-refractivity contribution is -0.122. The maximum absolute atomic E-state index is 12.9. The average Bonchev–Trinajstić information content (AvgIpc) is 2.91. The number of aromatic nitrogens is 1. The number of pyridine rings is 1. The van der Waals surface area contributed by atoms with Crippen LogP contribution in [0, 0.1) is 5.82 Å². The number of carbonyl (C=O) groups is 3. The fraction of sp³-hybridized carbons (Fsp3) is 0.111. The minimum absolute atomic E-state index is 0.0717. The van der Waals surface area contributed by atoms with E-state index in [0.717, 1.165) is 16.7 Å². The number of nitrogens with zero attached hydrogens (tertiary/aromatic N) is 2. The summed E-state index contributed by atoms with van der Waals surface area (Å²) in [5.74, 6) is -1.11. The summed E-state index contributed by atoms with van der Waals surface area (Å²) >= 11 is 0.820. The second-order valence-corrected chi connectivity index (χ2v) is 6.37. The molecular weight excluding hydrogens is 357 g/mol. The molecule has 0 saturated carbocycles. The summed E-state index contributed by atoms with van der Waals surface area (Å²) in [5, 5.41) is 2.25. The molecule has 3 amide bonds. The van der Waals surface area contributed by atoms with Crippen molar-refractivity contribution in [1.29, 1.82) is 0 Å². The summed E-state index contributed by atoms with van der Waals surface area (Å²) in [7, 11) is 0. The molecule has 0 spiro atoms. The van der Waals surface area contributed by atoms with E-state index in [1.165, 1.54) is 36.7 Å². The number of imide groups is 1. The molecule has 1 N–H and O–H groups in total. The van der Waals surface area contributed by atoms with E-state index in [2.05, 4.69) is 10.3 Å². The minimum atomic E-state index is -0.428. The molecule has 1 fully saturated rings. The molecule has 132 valence electrons. The number of hydrogen-bond acceptors (Lipinski definition) is 5. The number of nitrogens with one attached hydrogen (secondary N) is 1. The van der Waals surface area contributed by atoms with Crippen molar-refractivity contribution in [2.75, 3.05) is 13.1 Å². The van der Waals surface area contributed by atoms with Gasteiger partial charge in [-0.3, -0.25) is 24.3 Å². The van der Waals surface area contributed by atoms with Gasteiger partial charge in [0.05, 0.1) is 4.91 Å². The molecule has 3 rings (SSSR count). The van der Waals surface area contributed by atoms with Crippen LogP contribution in [-0.4, -0.2) is 40.0 Å². The molecule has 8 heteroatoms. The van der Waals surface area contributed by atoms with Crippen LogP contribution in [0.4, 0.5) is 9.18 Å². The molecule has 1 aromatic heterocycles. The largest absolute Gasteiger partial charge is 0.350 e. The van der Waals surface area contributed by atoms with Crippen LogP contribution in [0.2, 0.25) is 0 Å². The van der Waals surface area contributed by atoms with Crippen molar-refractivity contribution in [2.24, 2.45) is 0 Å². The van der Waals surface area contributed by atoms with Crippen LogP contribution >= 0.6 is 11.8 Å². The zero-order chi connectivity index (χ0) is 18.5. The highest BCUT2D eigenvalue weighted by molar-refractivity contribution is 8.18. The molecule has 1 aromatic carbocycles. The highest BCUT2D eigenvalue weighted by Crippen LogP contribution is 2.31. The predicted octanol–water partition coefficient (Wildman–Crippen LogP) is 2.69. The average molecular weight is 371 g/mol. The summed E-state index contributed by atoms with van der Waals surface area (Å²) in [6.45, 7) is 0.214. The van der Waals surface area contributed by atoms with Gasteiger partial charge in [0.1, 0.15) is 5.82 Å². The van der Waals surface area contributed by atoms with Crippen LogP contribution in [0.5, 0.6) is 0 Å². The standard InChI is InChI=1S/C18H14FN3O3S/c19-14-3-1-12(2-4-14)11-15-17(24)22(18(25)26-15)10-9-21-16(23)13-5-7-20-8-6-13/h1-8,11H,9-10H2,(H,21,23). The first-order chi connectivity index (χ1) is 12.5. The van der Waals surface area contributed by atoms with Gasteiger partial charge in [0, 0.05) is 31.0 Å². The number of amides is 3. The van der Waals surface area contributed by atoms with Crippen LogP contribution in [0.3, 0.4) is 0 Å². The molecule has 6 nitrogen and oxygen atoms in total. The van der Waals surface area contributed by atoms with Gasteiger partial charge in [0.15, 0.2) is 0 Å². The van der Waals surface area contributed by atoms with Crippen LogP contribution in [0.25, 0.3) is 6.08 Å². The first kappa shape index (κ1) is 17.8. The van der Waals surface area contributed by atoms with E-state index >= 15 is 0 Å². The third-order valence-electron chi connectivity index (χ3n) is 3.60. The van der Waals surface area contributed by atoms with Gasteiger partial charge in [-0.05, 0) is 47.7 Å². The van der Waals surface area contributed by atoms with Gasteiger partial charge in [-0.1, -0.05) is 12.1 Å². The van der Waals surface area contributed by atoms with Crippen molar-refractivity contribution >= 4 is 34.9 Å². The maximum atomic E-state index is 12.9. The third-order valence-corrected chi connectivity index (χ3v) is 4.51. The molecule has 0 atom stereocenters. The van der Waals surface area contributed by atoms with Gasteiger partial charge in [-0.15, -0.1) is 0 Å². The topological polar surface area (TPSA) is 79.4 Å². The van der Waals surface area contributed by atoms with Gasteiger partial charge >= 0.3 is 0 Å². The summed E-state index contributed by atoms with van der Waals surface area (Å²) < 4.78 is 12.9. The van der Waals surface area contributed by atoms with E-state index in [-0.39, 0.29) is 29.7 Å². The second kappa shape index (κ2) is 7.92. The molecule has 1 aliphatic heterocycles. The Morgan fingerprint density at radius 2 is 1.85 bits per heavy atom. The molecule has 1 saturated heterocycles. The quantitative estimate of drug-likeness (QED) is 0.818. The molecule has 0 bridgehead atoms.